The number of carbonyl (C=O) groups excluding carboxylic acids is 1. The Balaban J connectivity index is 2.97. The average Bonchev–Trinajstić information content (AvgIpc) is 1.89. The normalized spacial score (nSPS) is 9.11. The van der Waals surface area contributed by atoms with Crippen LogP contribution in [0.3, 0.4) is 0 Å². The van der Waals surface area contributed by atoms with Gasteiger partial charge in [0, 0.05) is 13.0 Å². The highest BCUT2D eigenvalue weighted by Gasteiger charge is 1.91. The summed E-state index contributed by atoms with van der Waals surface area (Å²) in [6.45, 7) is 4.67. The Labute approximate surface area is 55.4 Å². The zero-order valence-electron chi connectivity index (χ0n) is 5.94. The van der Waals surface area contributed by atoms with Gasteiger partial charge in [0.05, 0.1) is 0 Å². The van der Waals surface area contributed by atoms with Gasteiger partial charge in [0.15, 0.2) is 0 Å². The molecule has 0 aromatic rings. The maximum Gasteiger partial charge on any atom is 0.221 e. The second kappa shape index (κ2) is 5.56. The maximum absolute atomic E-state index is 10.5. The van der Waals surface area contributed by atoms with E-state index in [1.165, 1.54) is 0 Å². The SMILES string of the molecule is CCOCNC(=O)CC. The minimum atomic E-state index is 0.0310. The van der Waals surface area contributed by atoms with Crippen LogP contribution in [-0.4, -0.2) is 19.2 Å². The van der Waals surface area contributed by atoms with Gasteiger partial charge in [0.2, 0.25) is 5.91 Å². The summed E-state index contributed by atoms with van der Waals surface area (Å²) >= 11 is 0. The van der Waals surface area contributed by atoms with Crippen LogP contribution in [0.2, 0.25) is 0 Å². The number of hydrogen-bond donors (Lipinski definition) is 1. The van der Waals surface area contributed by atoms with Crippen LogP contribution in [0.25, 0.3) is 0 Å². The summed E-state index contributed by atoms with van der Waals surface area (Å²) in [5.74, 6) is 0.0310. The molecule has 0 radical (unpaired) electrons. The minimum absolute atomic E-state index is 0.0310. The molecule has 0 aliphatic heterocycles. The highest BCUT2D eigenvalue weighted by Crippen LogP contribution is 1.74. The molecule has 3 nitrogen and oxygen atoms in total. The molecule has 3 heteroatoms. The molecule has 0 aliphatic carbocycles. The van der Waals surface area contributed by atoms with Crippen molar-refractivity contribution < 1.29 is 9.53 Å². The first-order chi connectivity index (χ1) is 4.31. The summed E-state index contributed by atoms with van der Waals surface area (Å²) in [5.41, 5.74) is 0. The third-order valence-electron chi connectivity index (χ3n) is 0.897. The van der Waals surface area contributed by atoms with Crippen molar-refractivity contribution in [2.45, 2.75) is 20.3 Å². The molecule has 1 N–H and O–H groups in total. The molecule has 0 spiro atoms. The Hall–Kier alpha value is -0.570. The molecule has 0 aromatic carbocycles. The van der Waals surface area contributed by atoms with Crippen LogP contribution in [0.5, 0.6) is 0 Å². The first-order valence-corrected chi connectivity index (χ1v) is 3.15. The molecule has 0 rings (SSSR count). The van der Waals surface area contributed by atoms with Crippen LogP contribution in [0.4, 0.5) is 0 Å². The van der Waals surface area contributed by atoms with Crippen LogP contribution in [0, 0.1) is 0 Å². The molecule has 0 aliphatic rings. The number of hydrogen-bond acceptors (Lipinski definition) is 2. The lowest BCUT2D eigenvalue weighted by Gasteiger charge is -2.01. The molecule has 54 valence electrons. The van der Waals surface area contributed by atoms with Crippen LogP contribution in [0.15, 0.2) is 0 Å². The smallest absolute Gasteiger partial charge is 0.221 e. The van der Waals surface area contributed by atoms with E-state index in [0.717, 1.165) is 0 Å². The lowest BCUT2D eigenvalue weighted by molar-refractivity contribution is -0.122. The van der Waals surface area contributed by atoms with Crippen molar-refractivity contribution in [1.29, 1.82) is 0 Å². The van der Waals surface area contributed by atoms with Gasteiger partial charge in [0.1, 0.15) is 6.73 Å². The Morgan fingerprint density at radius 1 is 1.56 bits per heavy atom. The topological polar surface area (TPSA) is 38.3 Å². The average molecular weight is 131 g/mol. The first-order valence-electron chi connectivity index (χ1n) is 3.15. The predicted octanol–water partition coefficient (Wildman–Crippen LogP) is 0.507. The largest absolute Gasteiger partial charge is 0.362 e. The molecule has 0 aromatic heterocycles. The van der Waals surface area contributed by atoms with Crippen molar-refractivity contribution in [3.63, 3.8) is 0 Å². The Morgan fingerprint density at radius 2 is 2.22 bits per heavy atom. The summed E-state index contributed by atoms with van der Waals surface area (Å²) in [6, 6.07) is 0. The monoisotopic (exact) mass is 131 g/mol. The Kier molecular flexibility index (Phi) is 5.21. The summed E-state index contributed by atoms with van der Waals surface area (Å²) in [7, 11) is 0. The molecule has 0 atom stereocenters. The van der Waals surface area contributed by atoms with Crippen molar-refractivity contribution >= 4 is 5.91 Å². The van der Waals surface area contributed by atoms with Gasteiger partial charge in [-0.15, -0.1) is 0 Å². The summed E-state index contributed by atoms with van der Waals surface area (Å²) in [4.78, 5) is 10.5. The molecule has 9 heavy (non-hydrogen) atoms. The number of nitrogens with one attached hydrogen (secondary N) is 1. The minimum Gasteiger partial charge on any atom is -0.362 e. The Morgan fingerprint density at radius 3 is 2.67 bits per heavy atom. The van der Waals surface area contributed by atoms with E-state index in [1.807, 2.05) is 6.92 Å². The summed E-state index contributed by atoms with van der Waals surface area (Å²) in [5, 5.41) is 2.57. The highest BCUT2D eigenvalue weighted by atomic mass is 16.5. The van der Waals surface area contributed by atoms with Crippen LogP contribution in [-0.2, 0) is 9.53 Å². The molecule has 0 heterocycles. The van der Waals surface area contributed by atoms with Gasteiger partial charge >= 0.3 is 0 Å². The summed E-state index contributed by atoms with van der Waals surface area (Å²) in [6.07, 6.45) is 0.521. The predicted molar refractivity (Wildman–Crippen MR) is 34.9 cm³/mol. The van der Waals surface area contributed by atoms with Gasteiger partial charge in [-0.2, -0.15) is 0 Å². The van der Waals surface area contributed by atoms with E-state index in [4.69, 9.17) is 4.74 Å². The van der Waals surface area contributed by atoms with Gasteiger partial charge in [0.25, 0.3) is 0 Å². The van der Waals surface area contributed by atoms with Crippen molar-refractivity contribution in [3.05, 3.63) is 0 Å². The second-order valence-electron chi connectivity index (χ2n) is 1.59. The fraction of sp³-hybridized carbons (Fsp3) is 0.833. The number of carbonyl (C=O) groups is 1. The van der Waals surface area contributed by atoms with E-state index >= 15 is 0 Å². The molecule has 0 bridgehead atoms. The van der Waals surface area contributed by atoms with E-state index in [1.54, 1.807) is 6.92 Å². The zero-order chi connectivity index (χ0) is 7.11. The van der Waals surface area contributed by atoms with Gasteiger partial charge in [-0.3, -0.25) is 4.79 Å². The van der Waals surface area contributed by atoms with Crippen molar-refractivity contribution in [2.24, 2.45) is 0 Å². The molecular formula is C6H13NO2. The van der Waals surface area contributed by atoms with Gasteiger partial charge in [-0.05, 0) is 6.92 Å². The molecule has 0 saturated carbocycles. The number of ether oxygens (including phenoxy) is 1. The van der Waals surface area contributed by atoms with Crippen molar-refractivity contribution in [2.75, 3.05) is 13.3 Å². The first kappa shape index (κ1) is 8.43. The van der Waals surface area contributed by atoms with Gasteiger partial charge in [-0.25, -0.2) is 0 Å². The van der Waals surface area contributed by atoms with Crippen molar-refractivity contribution in [1.82, 2.24) is 5.32 Å². The van der Waals surface area contributed by atoms with Gasteiger partial charge < -0.3 is 10.1 Å². The van der Waals surface area contributed by atoms with E-state index in [-0.39, 0.29) is 5.91 Å². The van der Waals surface area contributed by atoms with Crippen molar-refractivity contribution in [3.8, 4) is 0 Å². The third-order valence-corrected chi connectivity index (χ3v) is 0.897. The molecular weight excluding hydrogens is 118 g/mol. The molecule has 0 saturated heterocycles. The molecule has 0 fully saturated rings. The van der Waals surface area contributed by atoms with E-state index in [2.05, 4.69) is 5.32 Å². The second-order valence-corrected chi connectivity index (χ2v) is 1.59. The lowest BCUT2D eigenvalue weighted by Crippen LogP contribution is -2.24. The molecule has 1 amide bonds. The Bertz CT molecular complexity index is 83.1. The van der Waals surface area contributed by atoms with Crippen LogP contribution < -0.4 is 5.32 Å². The quantitative estimate of drug-likeness (QED) is 0.446. The third kappa shape index (κ3) is 5.30. The number of rotatable bonds is 4. The van der Waals surface area contributed by atoms with Crippen LogP contribution >= 0.6 is 0 Å². The fourth-order valence-corrected chi connectivity index (χ4v) is 0.359. The summed E-state index contributed by atoms with van der Waals surface area (Å²) < 4.78 is 4.87. The zero-order valence-corrected chi connectivity index (χ0v) is 5.94. The van der Waals surface area contributed by atoms with E-state index in [9.17, 15) is 4.79 Å². The van der Waals surface area contributed by atoms with E-state index in [0.29, 0.717) is 19.8 Å². The lowest BCUT2D eigenvalue weighted by atomic mass is 10.5. The van der Waals surface area contributed by atoms with Gasteiger partial charge in [-0.1, -0.05) is 6.92 Å². The highest BCUT2D eigenvalue weighted by molar-refractivity contribution is 5.75. The standard InChI is InChI=1S/C6H13NO2/c1-3-6(8)7-5-9-4-2/h3-5H2,1-2H3,(H,7,8). The van der Waals surface area contributed by atoms with Crippen LogP contribution in [0.1, 0.15) is 20.3 Å². The fourth-order valence-electron chi connectivity index (χ4n) is 0.359. The number of amides is 1. The molecule has 0 unspecified atom stereocenters. The maximum atomic E-state index is 10.5. The van der Waals surface area contributed by atoms with E-state index < -0.39 is 0 Å².